The van der Waals surface area contributed by atoms with Gasteiger partial charge in [0.1, 0.15) is 6.77 Å². The Morgan fingerprint density at radius 1 is 1.21 bits per heavy atom. The van der Waals surface area contributed by atoms with Crippen molar-refractivity contribution in [2.45, 2.75) is 19.3 Å². The van der Waals surface area contributed by atoms with Crippen molar-refractivity contribution in [2.75, 3.05) is 19.0 Å². The first-order valence-corrected chi connectivity index (χ1v) is 9.57. The third-order valence-electron chi connectivity index (χ3n) is 3.91. The number of benzene rings is 1. The maximum absolute atomic E-state index is 4.41. The molecule has 19 heavy (non-hydrogen) atoms. The van der Waals surface area contributed by atoms with Crippen LogP contribution in [0.5, 0.6) is 0 Å². The number of fused-ring (bicyclic) bond motifs is 1. The topological polar surface area (TPSA) is 18.8 Å². The number of halogens is 1. The summed E-state index contributed by atoms with van der Waals surface area (Å²) in [4.78, 5) is 2.31. The van der Waals surface area contributed by atoms with Crippen LogP contribution in [0.15, 0.2) is 40.4 Å². The van der Waals surface area contributed by atoms with E-state index in [1.54, 1.807) is 0 Å². The second-order valence-corrected chi connectivity index (χ2v) is 9.03. The molecular weight excluding hydrogens is 321 g/mol. The normalized spacial score (nSPS) is 28.2. The minimum absolute atomic E-state index is 0.0201. The lowest BCUT2D eigenvalue weighted by Crippen LogP contribution is -2.24. The molecule has 0 N–H and O–H groups in total. The fourth-order valence-electron chi connectivity index (χ4n) is 2.99. The fraction of sp³-hybridized carbons (Fsp3) is 0.357. The van der Waals surface area contributed by atoms with Crippen molar-refractivity contribution >= 4 is 34.2 Å². The lowest BCUT2D eigenvalue weighted by Gasteiger charge is -2.27. The van der Waals surface area contributed by atoms with E-state index in [-0.39, 0.29) is 5.41 Å². The zero-order valence-corrected chi connectivity index (χ0v) is 14.0. The van der Waals surface area contributed by atoms with Gasteiger partial charge >= 0.3 is 0 Å². The second-order valence-electron chi connectivity index (χ2n) is 5.43. The summed E-state index contributed by atoms with van der Waals surface area (Å²) in [5, 5.41) is 5.72. The van der Waals surface area contributed by atoms with Gasteiger partial charge in [-0.25, -0.2) is 0 Å². The Morgan fingerprint density at radius 2 is 1.89 bits per heavy atom. The summed E-state index contributed by atoms with van der Waals surface area (Å²) in [5.74, 6) is 0. The van der Waals surface area contributed by atoms with Gasteiger partial charge in [0, 0.05) is 36.2 Å². The van der Waals surface area contributed by atoms with Gasteiger partial charge in [0.25, 0.3) is 0 Å². The molecule has 2 aliphatic rings. The molecule has 3 rings (SSSR count). The zero-order valence-electron chi connectivity index (χ0n) is 11.6. The molecule has 100 valence electrons. The van der Waals surface area contributed by atoms with Crippen LogP contribution in [0.3, 0.4) is 0 Å². The van der Waals surface area contributed by atoms with Crippen LogP contribution in [0.1, 0.15) is 19.4 Å². The van der Waals surface area contributed by atoms with Gasteiger partial charge < -0.3 is 4.90 Å². The molecule has 1 atom stereocenters. The lowest BCUT2D eigenvalue weighted by atomic mass is 9.84. The lowest BCUT2D eigenvalue weighted by molar-refractivity contribution is 0.617. The van der Waals surface area contributed by atoms with Gasteiger partial charge in [-0.1, -0.05) is 32.0 Å². The standard InChI is InChI=1S/C14H17BrN3P/c1-14(2)10-7-5-6-8-11(10)17(3)13(14)12-9-16-18(4)19(12)15/h5-9H,1-4H3/b13-12+. The van der Waals surface area contributed by atoms with Crippen molar-refractivity contribution in [2.24, 2.45) is 5.10 Å². The second kappa shape index (κ2) is 4.32. The molecule has 0 aliphatic carbocycles. The highest BCUT2D eigenvalue weighted by molar-refractivity contribution is 9.39. The summed E-state index contributed by atoms with van der Waals surface area (Å²) >= 11 is 3.79. The van der Waals surface area contributed by atoms with Crippen LogP contribution in [0.4, 0.5) is 5.69 Å². The first-order chi connectivity index (χ1) is 8.94. The molecule has 0 bridgehead atoms. The molecule has 5 heteroatoms. The number of hydrazone groups is 1. The number of likely N-dealkylation sites (N-methyl/N-ethyl adjacent to an activating group) is 1. The van der Waals surface area contributed by atoms with Gasteiger partial charge in [0.05, 0.1) is 6.21 Å². The highest BCUT2D eigenvalue weighted by atomic mass is 79.9. The zero-order chi connectivity index (χ0) is 13.8. The quantitative estimate of drug-likeness (QED) is 0.658. The number of hydrogen-bond acceptors (Lipinski definition) is 3. The van der Waals surface area contributed by atoms with Gasteiger partial charge in [-0.3, -0.25) is 4.78 Å². The summed E-state index contributed by atoms with van der Waals surface area (Å²) in [6, 6.07) is 8.64. The highest BCUT2D eigenvalue weighted by Gasteiger charge is 2.42. The summed E-state index contributed by atoms with van der Waals surface area (Å²) in [5.41, 5.74) is 4.06. The molecule has 3 nitrogen and oxygen atoms in total. The van der Waals surface area contributed by atoms with Crippen molar-refractivity contribution in [3.63, 3.8) is 0 Å². The molecule has 0 amide bonds. The smallest absolute Gasteiger partial charge is 0.115 e. The van der Waals surface area contributed by atoms with E-state index in [0.717, 1.165) is 0 Å². The number of nitrogens with zero attached hydrogens (tertiary/aromatic N) is 3. The van der Waals surface area contributed by atoms with E-state index in [9.17, 15) is 0 Å². The molecule has 0 saturated carbocycles. The van der Waals surface area contributed by atoms with E-state index in [0.29, 0.717) is 0 Å². The Balaban J connectivity index is 2.21. The van der Waals surface area contributed by atoms with Gasteiger partial charge in [0.15, 0.2) is 0 Å². The first-order valence-electron chi connectivity index (χ1n) is 6.26. The maximum Gasteiger partial charge on any atom is 0.115 e. The van der Waals surface area contributed by atoms with Crippen LogP contribution in [0, 0.1) is 0 Å². The van der Waals surface area contributed by atoms with E-state index in [1.165, 1.54) is 22.3 Å². The number of para-hydroxylation sites is 1. The molecule has 1 aromatic carbocycles. The number of anilines is 1. The highest BCUT2D eigenvalue weighted by Crippen LogP contribution is 2.62. The number of allylic oxidation sites excluding steroid dienone is 2. The SMILES string of the molecule is CN1/C(=C2\C=NN(C)P2Br)C(C)(C)c2ccccc21. The van der Waals surface area contributed by atoms with Crippen LogP contribution < -0.4 is 4.90 Å². The van der Waals surface area contributed by atoms with Crippen molar-refractivity contribution < 1.29 is 0 Å². The molecule has 0 spiro atoms. The third-order valence-corrected chi connectivity index (χ3v) is 7.77. The van der Waals surface area contributed by atoms with Crippen molar-refractivity contribution in [1.29, 1.82) is 0 Å². The van der Waals surface area contributed by atoms with Crippen LogP contribution in [-0.2, 0) is 5.41 Å². The Hall–Kier alpha value is -0.860. The predicted octanol–water partition coefficient (Wildman–Crippen LogP) is 4.26. The molecule has 1 unspecified atom stereocenters. The minimum atomic E-state index is -0.527. The van der Waals surface area contributed by atoms with E-state index in [1.807, 2.05) is 18.0 Å². The van der Waals surface area contributed by atoms with Crippen LogP contribution in [0.2, 0.25) is 0 Å². The average Bonchev–Trinajstić information content (AvgIpc) is 2.79. The third kappa shape index (κ3) is 1.77. The number of rotatable bonds is 0. The van der Waals surface area contributed by atoms with E-state index in [4.69, 9.17) is 0 Å². The van der Waals surface area contributed by atoms with Gasteiger partial charge in [-0.05, 0) is 27.1 Å². The van der Waals surface area contributed by atoms with Gasteiger partial charge in [0.2, 0.25) is 0 Å². The Labute approximate surface area is 123 Å². The predicted molar refractivity (Wildman–Crippen MR) is 87.0 cm³/mol. The molecule has 1 aromatic rings. The summed E-state index contributed by atoms with van der Waals surface area (Å²) < 4.78 is 2.00. The Kier molecular flexibility index (Phi) is 2.99. The van der Waals surface area contributed by atoms with Crippen molar-refractivity contribution in [3.05, 3.63) is 40.8 Å². The monoisotopic (exact) mass is 337 g/mol. The molecule has 2 aliphatic heterocycles. The Bertz CT molecular complexity index is 594. The molecule has 0 saturated heterocycles. The average molecular weight is 338 g/mol. The van der Waals surface area contributed by atoms with Crippen molar-refractivity contribution in [1.82, 2.24) is 4.78 Å². The molecule has 0 fully saturated rings. The van der Waals surface area contributed by atoms with Crippen LogP contribution in [0.25, 0.3) is 0 Å². The summed E-state index contributed by atoms with van der Waals surface area (Å²) in [7, 11) is 4.16. The molecular formula is C14H17BrN3P. The molecule has 2 heterocycles. The largest absolute Gasteiger partial charge is 0.346 e. The van der Waals surface area contributed by atoms with E-state index >= 15 is 0 Å². The van der Waals surface area contributed by atoms with Crippen LogP contribution in [-0.4, -0.2) is 25.1 Å². The molecule has 0 radical (unpaired) electrons. The fourth-order valence-corrected chi connectivity index (χ4v) is 5.22. The maximum atomic E-state index is 4.41. The van der Waals surface area contributed by atoms with Crippen LogP contribution >= 0.6 is 22.3 Å². The van der Waals surface area contributed by atoms with E-state index < -0.39 is 6.77 Å². The van der Waals surface area contributed by atoms with Crippen molar-refractivity contribution in [3.8, 4) is 0 Å². The van der Waals surface area contributed by atoms with E-state index in [2.05, 4.69) is 70.7 Å². The van der Waals surface area contributed by atoms with Gasteiger partial charge in [-0.15, -0.1) is 0 Å². The summed E-state index contributed by atoms with van der Waals surface area (Å²) in [6.45, 7) is 4.06. The number of hydrogen-bond donors (Lipinski definition) is 0. The summed E-state index contributed by atoms with van der Waals surface area (Å²) in [6.07, 6.45) is 2.00. The molecule has 0 aromatic heterocycles. The Morgan fingerprint density at radius 3 is 2.47 bits per heavy atom. The van der Waals surface area contributed by atoms with Gasteiger partial charge in [-0.2, -0.15) is 5.10 Å². The minimum Gasteiger partial charge on any atom is -0.346 e. The first kappa shape index (κ1) is 13.1.